The van der Waals surface area contributed by atoms with E-state index in [0.29, 0.717) is 5.92 Å². The highest BCUT2D eigenvalue weighted by Gasteiger charge is 2.29. The maximum absolute atomic E-state index is 13.9. The lowest BCUT2D eigenvalue weighted by molar-refractivity contribution is 0.596. The summed E-state index contributed by atoms with van der Waals surface area (Å²) in [4.78, 5) is 5.02. The molecule has 1 heterocycles. The van der Waals surface area contributed by atoms with Crippen molar-refractivity contribution in [2.75, 3.05) is 9.80 Å². The molecule has 5 heteroatoms. The van der Waals surface area contributed by atoms with Gasteiger partial charge in [-0.2, -0.15) is 0 Å². The van der Waals surface area contributed by atoms with Gasteiger partial charge in [-0.25, -0.2) is 8.42 Å². The van der Waals surface area contributed by atoms with Crippen LogP contribution in [0.4, 0.5) is 28.4 Å². The third-order valence-electron chi connectivity index (χ3n) is 9.13. The monoisotopic (exact) mass is 622 g/mol. The Hall–Kier alpha value is -4.87. The summed E-state index contributed by atoms with van der Waals surface area (Å²) in [5.41, 5.74) is 10.0. The van der Waals surface area contributed by atoms with Gasteiger partial charge in [-0.1, -0.05) is 87.5 Å². The van der Waals surface area contributed by atoms with Crippen LogP contribution in [0.5, 0.6) is 0 Å². The molecular formula is C41H38N2O2S. The van der Waals surface area contributed by atoms with E-state index in [1.807, 2.05) is 24.3 Å². The summed E-state index contributed by atoms with van der Waals surface area (Å²) in [6.45, 7) is 6.64. The second-order valence-corrected chi connectivity index (χ2v) is 14.3. The van der Waals surface area contributed by atoms with Gasteiger partial charge in [0.05, 0.1) is 9.79 Å². The molecule has 0 saturated carbocycles. The highest BCUT2D eigenvalue weighted by molar-refractivity contribution is 7.91. The molecule has 4 nitrogen and oxygen atoms in total. The van der Waals surface area contributed by atoms with Gasteiger partial charge in [-0.15, -0.1) is 0 Å². The number of nitrogens with zero attached hydrogens (tertiary/aromatic N) is 2. The molecule has 0 N–H and O–H groups in total. The summed E-state index contributed by atoms with van der Waals surface area (Å²) < 4.78 is 27.8. The third kappa shape index (κ3) is 5.25. The van der Waals surface area contributed by atoms with E-state index in [2.05, 4.69) is 122 Å². The second kappa shape index (κ2) is 12.1. The molecule has 0 saturated heterocycles. The summed E-state index contributed by atoms with van der Waals surface area (Å²) in [7, 11) is -3.74. The number of allylic oxidation sites excluding steroid dienone is 3. The summed E-state index contributed by atoms with van der Waals surface area (Å²) in [6.07, 6.45) is 8.61. The quantitative estimate of drug-likeness (QED) is 0.181. The molecule has 5 aromatic carbocycles. The van der Waals surface area contributed by atoms with Crippen LogP contribution in [0.25, 0.3) is 0 Å². The van der Waals surface area contributed by atoms with Gasteiger partial charge in [0, 0.05) is 40.1 Å². The maximum Gasteiger partial charge on any atom is 0.206 e. The Kier molecular flexibility index (Phi) is 7.87. The van der Waals surface area contributed by atoms with Crippen LogP contribution in [-0.4, -0.2) is 8.42 Å². The fourth-order valence-electron chi connectivity index (χ4n) is 6.75. The van der Waals surface area contributed by atoms with E-state index in [0.717, 1.165) is 47.0 Å². The minimum atomic E-state index is -3.74. The SMILES string of the molecule is CC(C)c1ccccc1N(C1=CCCC=C1)c1ccc(S(=O)(=O)c2ccc(N3c4ccccc4C(C)c4ccccc43)cc2)cc1. The van der Waals surface area contributed by atoms with Crippen molar-refractivity contribution in [3.8, 4) is 0 Å². The predicted octanol–water partition coefficient (Wildman–Crippen LogP) is 10.9. The topological polar surface area (TPSA) is 40.6 Å². The summed E-state index contributed by atoms with van der Waals surface area (Å²) in [5, 5.41) is 0. The van der Waals surface area contributed by atoms with Crippen LogP contribution in [0.2, 0.25) is 0 Å². The Morgan fingerprint density at radius 3 is 1.85 bits per heavy atom. The third-order valence-corrected chi connectivity index (χ3v) is 10.9. The van der Waals surface area contributed by atoms with Crippen LogP contribution < -0.4 is 9.80 Å². The molecule has 0 bridgehead atoms. The molecule has 5 aromatic rings. The Labute approximate surface area is 272 Å². The van der Waals surface area contributed by atoms with Crippen LogP contribution in [0.3, 0.4) is 0 Å². The van der Waals surface area contributed by atoms with Crippen molar-refractivity contribution >= 4 is 38.3 Å². The molecule has 230 valence electrons. The number of fused-ring (bicyclic) bond motifs is 2. The highest BCUT2D eigenvalue weighted by Crippen LogP contribution is 2.49. The smallest absolute Gasteiger partial charge is 0.206 e. The molecule has 0 fully saturated rings. The van der Waals surface area contributed by atoms with Gasteiger partial charge in [0.1, 0.15) is 0 Å². The van der Waals surface area contributed by atoms with Crippen molar-refractivity contribution < 1.29 is 8.42 Å². The van der Waals surface area contributed by atoms with Crippen molar-refractivity contribution in [1.29, 1.82) is 0 Å². The van der Waals surface area contributed by atoms with E-state index in [1.165, 1.54) is 16.7 Å². The Morgan fingerprint density at radius 1 is 0.696 bits per heavy atom. The van der Waals surface area contributed by atoms with E-state index < -0.39 is 9.84 Å². The first-order valence-electron chi connectivity index (χ1n) is 16.0. The van der Waals surface area contributed by atoms with Crippen molar-refractivity contribution in [2.24, 2.45) is 0 Å². The van der Waals surface area contributed by atoms with Crippen LogP contribution in [0.15, 0.2) is 155 Å². The van der Waals surface area contributed by atoms with Gasteiger partial charge in [-0.05, 0) is 108 Å². The van der Waals surface area contributed by atoms with Gasteiger partial charge in [0.25, 0.3) is 0 Å². The molecule has 0 unspecified atom stereocenters. The number of hydrogen-bond acceptors (Lipinski definition) is 4. The molecule has 0 aromatic heterocycles. The van der Waals surface area contributed by atoms with Crippen LogP contribution in [-0.2, 0) is 9.84 Å². The fraction of sp³-hybridized carbons (Fsp3) is 0.171. The van der Waals surface area contributed by atoms with Gasteiger partial charge in [0.2, 0.25) is 9.84 Å². The molecule has 7 rings (SSSR count). The van der Waals surface area contributed by atoms with Crippen molar-refractivity contribution in [2.45, 2.75) is 55.2 Å². The molecule has 1 aliphatic heterocycles. The summed E-state index contributed by atoms with van der Waals surface area (Å²) in [6, 6.07) is 39.9. The van der Waals surface area contributed by atoms with Gasteiger partial charge < -0.3 is 9.80 Å². The maximum atomic E-state index is 13.9. The van der Waals surface area contributed by atoms with Gasteiger partial charge in [0.15, 0.2) is 0 Å². The van der Waals surface area contributed by atoms with E-state index in [-0.39, 0.29) is 15.7 Å². The van der Waals surface area contributed by atoms with Crippen LogP contribution in [0.1, 0.15) is 62.1 Å². The van der Waals surface area contributed by atoms with E-state index in [4.69, 9.17) is 0 Å². The first kappa shape index (κ1) is 29.8. The number of anilines is 5. The zero-order chi connectivity index (χ0) is 31.8. The molecule has 0 amide bonds. The Balaban J connectivity index is 1.22. The van der Waals surface area contributed by atoms with Gasteiger partial charge >= 0.3 is 0 Å². The van der Waals surface area contributed by atoms with E-state index >= 15 is 0 Å². The standard InChI is InChI=1S/C41H38N2O2S/c1-29(2)36-15-7-10-18-39(36)42(31-13-5-4-6-14-31)32-21-25-34(26-22-32)46(44,45)35-27-23-33(24-28-35)43-40-19-11-8-16-37(40)30(3)38-17-9-12-20-41(38)43/h5,7-30H,4,6H2,1-3H3. The van der Waals surface area contributed by atoms with Crippen molar-refractivity contribution in [3.63, 3.8) is 0 Å². The van der Waals surface area contributed by atoms with Crippen molar-refractivity contribution in [1.82, 2.24) is 0 Å². The summed E-state index contributed by atoms with van der Waals surface area (Å²) >= 11 is 0. The van der Waals surface area contributed by atoms with Crippen LogP contribution >= 0.6 is 0 Å². The zero-order valence-electron chi connectivity index (χ0n) is 26.5. The van der Waals surface area contributed by atoms with Crippen LogP contribution in [0, 0.1) is 0 Å². The number of rotatable bonds is 7. The minimum Gasteiger partial charge on any atom is -0.311 e. The molecular weight excluding hydrogens is 585 g/mol. The highest BCUT2D eigenvalue weighted by atomic mass is 32.2. The molecule has 46 heavy (non-hydrogen) atoms. The van der Waals surface area contributed by atoms with E-state index in [1.54, 1.807) is 24.3 Å². The lowest BCUT2D eigenvalue weighted by Gasteiger charge is -2.36. The molecule has 2 aliphatic rings. The van der Waals surface area contributed by atoms with Crippen molar-refractivity contribution in [3.05, 3.63) is 162 Å². The molecule has 1 aliphatic carbocycles. The number of hydrogen-bond donors (Lipinski definition) is 0. The summed E-state index contributed by atoms with van der Waals surface area (Å²) in [5.74, 6) is 0.608. The largest absolute Gasteiger partial charge is 0.311 e. The molecule has 0 radical (unpaired) electrons. The lowest BCUT2D eigenvalue weighted by Crippen LogP contribution is -2.20. The Morgan fingerprint density at radius 2 is 1.26 bits per heavy atom. The average molecular weight is 623 g/mol. The Bertz CT molecular complexity index is 2010. The normalized spacial score (nSPS) is 14.5. The number of sulfone groups is 1. The second-order valence-electron chi connectivity index (χ2n) is 12.3. The van der Waals surface area contributed by atoms with Gasteiger partial charge in [-0.3, -0.25) is 0 Å². The average Bonchev–Trinajstić information content (AvgIpc) is 3.10. The first-order chi connectivity index (χ1) is 22.3. The number of para-hydroxylation sites is 3. The predicted molar refractivity (Wildman–Crippen MR) is 190 cm³/mol. The lowest BCUT2D eigenvalue weighted by atomic mass is 9.86. The minimum absolute atomic E-state index is 0.270. The molecule has 0 spiro atoms. The molecule has 0 atom stereocenters. The zero-order valence-corrected chi connectivity index (χ0v) is 27.3. The number of benzene rings is 5. The van der Waals surface area contributed by atoms with E-state index in [9.17, 15) is 8.42 Å². The fourth-order valence-corrected chi connectivity index (χ4v) is 8.01. The first-order valence-corrected chi connectivity index (χ1v) is 17.5.